The highest BCUT2D eigenvalue weighted by molar-refractivity contribution is 8.03. The fourth-order valence-electron chi connectivity index (χ4n) is 2.67. The summed E-state index contributed by atoms with van der Waals surface area (Å²) in [4.78, 5) is 26.0. The number of rotatable bonds is 8. The maximum Gasteiger partial charge on any atom is 0.335 e. The molecule has 0 bridgehead atoms. The first kappa shape index (κ1) is 22.2. The molecule has 0 radical (unpaired) electrons. The average Bonchev–Trinajstić information content (AvgIpc) is 2.77. The van der Waals surface area contributed by atoms with Gasteiger partial charge in [-0.25, -0.2) is 4.79 Å². The van der Waals surface area contributed by atoms with Crippen LogP contribution in [0.5, 0.6) is 0 Å². The minimum Gasteiger partial charge on any atom is -0.478 e. The zero-order chi connectivity index (χ0) is 21.5. The molecule has 0 aliphatic heterocycles. The van der Waals surface area contributed by atoms with Crippen LogP contribution in [0, 0.1) is 0 Å². The van der Waals surface area contributed by atoms with E-state index in [1.807, 2.05) is 60.9 Å². The van der Waals surface area contributed by atoms with E-state index in [0.29, 0.717) is 21.2 Å². The van der Waals surface area contributed by atoms with E-state index in [-0.39, 0.29) is 11.3 Å². The van der Waals surface area contributed by atoms with Crippen molar-refractivity contribution in [1.82, 2.24) is 0 Å². The van der Waals surface area contributed by atoms with Gasteiger partial charge in [0.1, 0.15) is 0 Å². The summed E-state index contributed by atoms with van der Waals surface area (Å²) in [6.07, 6.45) is 3.89. The Balaban J connectivity index is 1.88. The Morgan fingerprint density at radius 2 is 1.50 bits per heavy atom. The quantitative estimate of drug-likeness (QED) is 0.227. The van der Waals surface area contributed by atoms with Crippen LogP contribution in [0.15, 0.2) is 82.6 Å². The molecule has 0 atom stereocenters. The summed E-state index contributed by atoms with van der Waals surface area (Å²) >= 11 is 9.06. The summed E-state index contributed by atoms with van der Waals surface area (Å²) in [6, 6.07) is 21.5. The van der Waals surface area contributed by atoms with Crippen molar-refractivity contribution in [3.63, 3.8) is 0 Å². The van der Waals surface area contributed by atoms with Gasteiger partial charge in [0, 0.05) is 21.2 Å². The van der Waals surface area contributed by atoms with E-state index < -0.39 is 5.97 Å². The summed E-state index contributed by atoms with van der Waals surface area (Å²) in [5.41, 5.74) is 2.60. The van der Waals surface area contributed by atoms with E-state index in [1.165, 1.54) is 23.9 Å². The van der Waals surface area contributed by atoms with Crippen molar-refractivity contribution in [3.05, 3.63) is 105 Å². The molecule has 3 aromatic carbocycles. The summed E-state index contributed by atoms with van der Waals surface area (Å²) in [5.74, 6) is -0.541. The number of thioether (sulfide) groups is 2. The summed E-state index contributed by atoms with van der Waals surface area (Å²) in [7, 11) is 0. The standard InChI is InChI=1S/C24H19ClO3S2/c1-29-21-12-4-16(5-13-21)14-22(30-15-17-2-10-20(25)11-3-17)23(26)18-6-8-19(9-7-18)24(27)28/h2-14H,15H2,1H3,(H,27,28)/b22-14+. The van der Waals surface area contributed by atoms with Gasteiger partial charge in [-0.1, -0.05) is 48.0 Å². The topological polar surface area (TPSA) is 54.4 Å². The minimum atomic E-state index is -1.02. The molecular formula is C24H19ClO3S2. The first-order valence-electron chi connectivity index (χ1n) is 9.07. The molecule has 0 fully saturated rings. The van der Waals surface area contributed by atoms with Gasteiger partial charge < -0.3 is 5.11 Å². The van der Waals surface area contributed by atoms with Crippen LogP contribution in [0.2, 0.25) is 5.02 Å². The zero-order valence-electron chi connectivity index (χ0n) is 16.2. The van der Waals surface area contributed by atoms with Gasteiger partial charge >= 0.3 is 5.97 Å². The van der Waals surface area contributed by atoms with Crippen LogP contribution in [-0.4, -0.2) is 23.1 Å². The Hall–Kier alpha value is -2.47. The molecule has 0 heterocycles. The molecule has 0 aliphatic rings. The van der Waals surface area contributed by atoms with Gasteiger partial charge in [0.15, 0.2) is 5.78 Å². The van der Waals surface area contributed by atoms with Crippen LogP contribution >= 0.6 is 35.1 Å². The number of hydrogen-bond acceptors (Lipinski definition) is 4. The van der Waals surface area contributed by atoms with Crippen molar-refractivity contribution in [2.24, 2.45) is 0 Å². The molecule has 152 valence electrons. The Labute approximate surface area is 189 Å². The van der Waals surface area contributed by atoms with Crippen molar-refractivity contribution in [2.45, 2.75) is 10.6 Å². The number of ketones is 1. The Morgan fingerprint density at radius 3 is 2.07 bits per heavy atom. The smallest absolute Gasteiger partial charge is 0.335 e. The highest BCUT2D eigenvalue weighted by atomic mass is 35.5. The molecule has 3 nitrogen and oxygen atoms in total. The van der Waals surface area contributed by atoms with Crippen LogP contribution in [0.1, 0.15) is 31.8 Å². The molecule has 0 saturated heterocycles. The van der Waals surface area contributed by atoms with E-state index in [0.717, 1.165) is 16.0 Å². The van der Waals surface area contributed by atoms with E-state index >= 15 is 0 Å². The Kier molecular flexibility index (Phi) is 7.80. The van der Waals surface area contributed by atoms with Crippen LogP contribution in [-0.2, 0) is 5.75 Å². The molecule has 3 aromatic rings. The molecule has 30 heavy (non-hydrogen) atoms. The van der Waals surface area contributed by atoms with Gasteiger partial charge in [-0.05, 0) is 59.9 Å². The monoisotopic (exact) mass is 454 g/mol. The minimum absolute atomic E-state index is 0.139. The SMILES string of the molecule is CSc1ccc(/C=C(/SCc2ccc(Cl)cc2)C(=O)c2ccc(C(=O)O)cc2)cc1. The van der Waals surface area contributed by atoms with Crippen molar-refractivity contribution in [2.75, 3.05) is 6.26 Å². The molecule has 1 N–H and O–H groups in total. The number of carbonyl (C=O) groups is 2. The van der Waals surface area contributed by atoms with Gasteiger partial charge in [0.05, 0.1) is 10.5 Å². The number of benzene rings is 3. The second-order valence-corrected chi connectivity index (χ2v) is 8.74. The normalized spacial score (nSPS) is 11.3. The van der Waals surface area contributed by atoms with E-state index in [1.54, 1.807) is 23.9 Å². The molecule has 0 amide bonds. The van der Waals surface area contributed by atoms with Gasteiger partial charge in [-0.15, -0.1) is 23.5 Å². The largest absolute Gasteiger partial charge is 0.478 e. The third kappa shape index (κ3) is 6.02. The van der Waals surface area contributed by atoms with Gasteiger partial charge in [-0.2, -0.15) is 0 Å². The number of carbonyl (C=O) groups excluding carboxylic acids is 1. The molecule has 0 saturated carbocycles. The number of Topliss-reactive ketones (excluding diaryl/α,β-unsaturated/α-hetero) is 1. The lowest BCUT2D eigenvalue weighted by atomic mass is 10.1. The lowest BCUT2D eigenvalue weighted by molar-refractivity contribution is 0.0696. The average molecular weight is 455 g/mol. The summed E-state index contributed by atoms with van der Waals surface area (Å²) < 4.78 is 0. The number of hydrogen-bond donors (Lipinski definition) is 1. The molecule has 0 aromatic heterocycles. The number of allylic oxidation sites excluding steroid dienone is 1. The molecule has 3 rings (SSSR count). The van der Waals surface area contributed by atoms with E-state index in [9.17, 15) is 9.59 Å². The zero-order valence-corrected chi connectivity index (χ0v) is 18.6. The predicted octanol–water partition coefficient (Wildman–Crippen LogP) is 6.92. The maximum absolute atomic E-state index is 13.2. The predicted molar refractivity (Wildman–Crippen MR) is 127 cm³/mol. The molecule has 0 unspecified atom stereocenters. The third-order valence-corrected chi connectivity index (χ3v) is 6.43. The fourth-order valence-corrected chi connectivity index (χ4v) is 4.19. The highest BCUT2D eigenvalue weighted by Crippen LogP contribution is 2.28. The van der Waals surface area contributed by atoms with E-state index in [4.69, 9.17) is 16.7 Å². The molecular weight excluding hydrogens is 436 g/mol. The molecule has 0 spiro atoms. The van der Waals surface area contributed by atoms with Crippen LogP contribution < -0.4 is 0 Å². The number of carboxylic acids is 1. The van der Waals surface area contributed by atoms with Crippen molar-refractivity contribution >= 4 is 53.0 Å². The van der Waals surface area contributed by atoms with Crippen LogP contribution in [0.25, 0.3) is 6.08 Å². The number of carboxylic acid groups (broad SMARTS) is 1. The highest BCUT2D eigenvalue weighted by Gasteiger charge is 2.15. The van der Waals surface area contributed by atoms with Crippen molar-refractivity contribution in [3.8, 4) is 0 Å². The Morgan fingerprint density at radius 1 is 0.900 bits per heavy atom. The lowest BCUT2D eigenvalue weighted by Gasteiger charge is -2.09. The first-order valence-corrected chi connectivity index (χ1v) is 11.7. The van der Waals surface area contributed by atoms with Gasteiger partial charge in [0.2, 0.25) is 0 Å². The van der Waals surface area contributed by atoms with Gasteiger partial charge in [0.25, 0.3) is 0 Å². The molecule has 6 heteroatoms. The number of halogens is 1. The molecule has 0 aliphatic carbocycles. The second-order valence-electron chi connectivity index (χ2n) is 6.41. The van der Waals surface area contributed by atoms with E-state index in [2.05, 4.69) is 0 Å². The fraction of sp³-hybridized carbons (Fsp3) is 0.0833. The Bertz CT molecular complexity index is 1060. The maximum atomic E-state index is 13.2. The second kappa shape index (κ2) is 10.5. The van der Waals surface area contributed by atoms with Crippen molar-refractivity contribution < 1.29 is 14.7 Å². The van der Waals surface area contributed by atoms with Gasteiger partial charge in [-0.3, -0.25) is 4.79 Å². The van der Waals surface area contributed by atoms with Crippen molar-refractivity contribution in [1.29, 1.82) is 0 Å². The third-order valence-electron chi connectivity index (χ3n) is 4.34. The summed E-state index contributed by atoms with van der Waals surface area (Å²) in [6.45, 7) is 0. The summed E-state index contributed by atoms with van der Waals surface area (Å²) in [5, 5.41) is 9.75. The van der Waals surface area contributed by atoms with Crippen LogP contribution in [0.3, 0.4) is 0 Å². The lowest BCUT2D eigenvalue weighted by Crippen LogP contribution is -2.03. The number of aromatic carboxylic acids is 1. The first-order chi connectivity index (χ1) is 14.5. The van der Waals surface area contributed by atoms with Crippen LogP contribution in [0.4, 0.5) is 0 Å².